The molecular formula is C21H28N2O3. The lowest BCUT2D eigenvalue weighted by Gasteiger charge is -2.35. The highest BCUT2D eigenvalue weighted by Crippen LogP contribution is 2.40. The number of para-hydroxylation sites is 2. The first-order chi connectivity index (χ1) is 12.6. The molecule has 5 nitrogen and oxygen atoms in total. The molecule has 3 aliphatic rings. The molecule has 1 aliphatic carbocycles. The van der Waals surface area contributed by atoms with Crippen molar-refractivity contribution >= 4 is 17.5 Å². The third-order valence-corrected chi connectivity index (χ3v) is 6.26. The number of carbonyl (C=O) groups is 2. The van der Waals surface area contributed by atoms with Gasteiger partial charge in [-0.25, -0.2) is 0 Å². The first kappa shape index (κ1) is 17.4. The Balaban J connectivity index is 1.47. The lowest BCUT2D eigenvalue weighted by molar-refractivity contribution is -0.134. The van der Waals surface area contributed by atoms with Gasteiger partial charge in [-0.15, -0.1) is 0 Å². The summed E-state index contributed by atoms with van der Waals surface area (Å²) in [6.07, 6.45) is 5.92. The fourth-order valence-corrected chi connectivity index (χ4v) is 5.06. The predicted molar refractivity (Wildman–Crippen MR) is 100 cm³/mol. The highest BCUT2D eigenvalue weighted by atomic mass is 16.5. The molecule has 4 unspecified atom stereocenters. The Bertz CT molecular complexity index is 704. The average Bonchev–Trinajstić information content (AvgIpc) is 2.97. The van der Waals surface area contributed by atoms with E-state index in [1.165, 1.54) is 19.3 Å². The van der Waals surface area contributed by atoms with Crippen molar-refractivity contribution < 1.29 is 14.3 Å². The van der Waals surface area contributed by atoms with E-state index in [2.05, 4.69) is 11.8 Å². The number of carbonyl (C=O) groups excluding carboxylic acids is 2. The number of hydrogen-bond acceptors (Lipinski definition) is 3. The maximum atomic E-state index is 13.0. The molecule has 1 saturated carbocycles. The van der Waals surface area contributed by atoms with Gasteiger partial charge in [-0.05, 0) is 51.2 Å². The third kappa shape index (κ3) is 2.97. The number of ether oxygens (including phenoxy) is 1. The first-order valence-electron chi connectivity index (χ1n) is 9.94. The maximum absolute atomic E-state index is 13.0. The van der Waals surface area contributed by atoms with Crippen LogP contribution in [0.25, 0.3) is 0 Å². The fourth-order valence-electron chi connectivity index (χ4n) is 5.06. The summed E-state index contributed by atoms with van der Waals surface area (Å²) in [5, 5.41) is 0. The molecule has 0 bridgehead atoms. The SMILES string of the molecule is CC1Oc2ccccc2N(CCC(=O)N2C(C)CC3CCCCC32)C1=O. The smallest absolute Gasteiger partial charge is 0.267 e. The van der Waals surface area contributed by atoms with Crippen molar-refractivity contribution in [1.82, 2.24) is 4.90 Å². The summed E-state index contributed by atoms with van der Waals surface area (Å²) in [5.74, 6) is 1.51. The minimum atomic E-state index is -0.506. The largest absolute Gasteiger partial charge is 0.479 e. The monoisotopic (exact) mass is 356 g/mol. The fraction of sp³-hybridized carbons (Fsp3) is 0.619. The van der Waals surface area contributed by atoms with Crippen LogP contribution in [0.2, 0.25) is 0 Å². The number of anilines is 1. The molecule has 1 aromatic carbocycles. The van der Waals surface area contributed by atoms with Crippen molar-refractivity contribution in [2.45, 2.75) is 70.6 Å². The molecule has 5 heteroatoms. The summed E-state index contributed by atoms with van der Waals surface area (Å²) in [4.78, 5) is 29.5. The van der Waals surface area contributed by atoms with Crippen LogP contribution in [0, 0.1) is 5.92 Å². The molecule has 0 spiro atoms. The zero-order chi connectivity index (χ0) is 18.3. The summed E-state index contributed by atoms with van der Waals surface area (Å²) in [6.45, 7) is 4.36. The summed E-state index contributed by atoms with van der Waals surface area (Å²) in [7, 11) is 0. The van der Waals surface area contributed by atoms with Crippen LogP contribution in [0.3, 0.4) is 0 Å². The number of fused-ring (bicyclic) bond motifs is 2. The second-order valence-corrected chi connectivity index (χ2v) is 7.97. The number of rotatable bonds is 3. The number of likely N-dealkylation sites (tertiary alicyclic amines) is 1. The molecule has 2 fully saturated rings. The Hall–Kier alpha value is -2.04. The minimum absolute atomic E-state index is 0.0680. The van der Waals surface area contributed by atoms with Gasteiger partial charge in [-0.1, -0.05) is 25.0 Å². The number of benzene rings is 1. The quantitative estimate of drug-likeness (QED) is 0.834. The van der Waals surface area contributed by atoms with E-state index >= 15 is 0 Å². The molecule has 2 heterocycles. The molecule has 0 radical (unpaired) electrons. The van der Waals surface area contributed by atoms with Crippen LogP contribution in [0.15, 0.2) is 24.3 Å². The number of amides is 2. The van der Waals surface area contributed by atoms with E-state index < -0.39 is 6.10 Å². The van der Waals surface area contributed by atoms with Crippen LogP contribution in [0.5, 0.6) is 5.75 Å². The van der Waals surface area contributed by atoms with Crippen LogP contribution in [0.4, 0.5) is 5.69 Å². The van der Waals surface area contributed by atoms with Crippen molar-refractivity contribution in [3.05, 3.63) is 24.3 Å². The normalized spacial score (nSPS) is 30.6. The van der Waals surface area contributed by atoms with Gasteiger partial charge < -0.3 is 14.5 Å². The molecular weight excluding hydrogens is 328 g/mol. The molecule has 1 aromatic rings. The molecule has 2 amide bonds. The lowest BCUT2D eigenvalue weighted by atomic mass is 9.85. The Kier molecular flexibility index (Phi) is 4.63. The Labute approximate surface area is 155 Å². The van der Waals surface area contributed by atoms with E-state index in [1.807, 2.05) is 24.3 Å². The highest BCUT2D eigenvalue weighted by molar-refractivity contribution is 6.00. The molecule has 1 saturated heterocycles. The van der Waals surface area contributed by atoms with Gasteiger partial charge in [0.05, 0.1) is 5.69 Å². The second kappa shape index (κ2) is 6.93. The third-order valence-electron chi connectivity index (χ3n) is 6.26. The van der Waals surface area contributed by atoms with Gasteiger partial charge in [0.15, 0.2) is 6.10 Å². The topological polar surface area (TPSA) is 49.9 Å². The Morgan fingerprint density at radius 1 is 1.19 bits per heavy atom. The summed E-state index contributed by atoms with van der Waals surface area (Å²) < 4.78 is 5.68. The molecule has 26 heavy (non-hydrogen) atoms. The van der Waals surface area contributed by atoms with E-state index in [1.54, 1.807) is 11.8 Å². The van der Waals surface area contributed by atoms with Crippen molar-refractivity contribution in [2.24, 2.45) is 5.92 Å². The maximum Gasteiger partial charge on any atom is 0.267 e. The van der Waals surface area contributed by atoms with Crippen molar-refractivity contribution in [2.75, 3.05) is 11.4 Å². The highest BCUT2D eigenvalue weighted by Gasteiger charge is 2.42. The Morgan fingerprint density at radius 2 is 1.96 bits per heavy atom. The Morgan fingerprint density at radius 3 is 2.81 bits per heavy atom. The molecule has 2 aliphatic heterocycles. The summed E-state index contributed by atoms with van der Waals surface area (Å²) >= 11 is 0. The van der Waals surface area contributed by atoms with Crippen LogP contribution in [-0.2, 0) is 9.59 Å². The van der Waals surface area contributed by atoms with E-state index in [0.717, 1.165) is 18.5 Å². The standard InChI is InChI=1S/C21H28N2O3/c1-14-13-16-7-3-4-8-17(16)23(14)20(24)11-12-22-18-9-5-6-10-19(18)26-15(2)21(22)25/h5-6,9-10,14-17H,3-4,7-8,11-13H2,1-2H3. The van der Waals surface area contributed by atoms with Gasteiger partial charge in [-0.2, -0.15) is 0 Å². The minimum Gasteiger partial charge on any atom is -0.479 e. The van der Waals surface area contributed by atoms with Crippen molar-refractivity contribution in [1.29, 1.82) is 0 Å². The van der Waals surface area contributed by atoms with Crippen LogP contribution < -0.4 is 9.64 Å². The summed E-state index contributed by atoms with van der Waals surface area (Å²) in [6, 6.07) is 8.30. The van der Waals surface area contributed by atoms with E-state index in [9.17, 15) is 9.59 Å². The molecule has 4 rings (SSSR count). The van der Waals surface area contributed by atoms with Gasteiger partial charge in [0.2, 0.25) is 5.91 Å². The zero-order valence-electron chi connectivity index (χ0n) is 15.7. The van der Waals surface area contributed by atoms with Crippen molar-refractivity contribution in [3.63, 3.8) is 0 Å². The van der Waals surface area contributed by atoms with Gasteiger partial charge in [0, 0.05) is 25.0 Å². The number of hydrogen-bond donors (Lipinski definition) is 0. The molecule has 0 aromatic heterocycles. The van der Waals surface area contributed by atoms with Gasteiger partial charge >= 0.3 is 0 Å². The van der Waals surface area contributed by atoms with Crippen LogP contribution >= 0.6 is 0 Å². The number of nitrogens with zero attached hydrogens (tertiary/aromatic N) is 2. The predicted octanol–water partition coefficient (Wildman–Crippen LogP) is 3.37. The van der Waals surface area contributed by atoms with Crippen LogP contribution in [-0.4, -0.2) is 41.4 Å². The van der Waals surface area contributed by atoms with E-state index in [0.29, 0.717) is 36.7 Å². The van der Waals surface area contributed by atoms with Crippen molar-refractivity contribution in [3.8, 4) is 5.75 Å². The van der Waals surface area contributed by atoms with Gasteiger partial charge in [0.25, 0.3) is 5.91 Å². The van der Waals surface area contributed by atoms with Crippen LogP contribution in [0.1, 0.15) is 52.4 Å². The molecule has 0 N–H and O–H groups in total. The molecule has 4 atom stereocenters. The van der Waals surface area contributed by atoms with E-state index in [4.69, 9.17) is 4.74 Å². The average molecular weight is 356 g/mol. The molecule has 140 valence electrons. The summed E-state index contributed by atoms with van der Waals surface area (Å²) in [5.41, 5.74) is 0.772. The van der Waals surface area contributed by atoms with E-state index in [-0.39, 0.29) is 11.8 Å². The van der Waals surface area contributed by atoms with Gasteiger partial charge in [-0.3, -0.25) is 9.59 Å². The van der Waals surface area contributed by atoms with Gasteiger partial charge in [0.1, 0.15) is 5.75 Å². The lowest BCUT2D eigenvalue weighted by Crippen LogP contribution is -2.47. The second-order valence-electron chi connectivity index (χ2n) is 7.97. The zero-order valence-corrected chi connectivity index (χ0v) is 15.7. The first-order valence-corrected chi connectivity index (χ1v) is 9.94.